The van der Waals surface area contributed by atoms with Crippen LogP contribution in [0.3, 0.4) is 0 Å². The molecule has 6 nitrogen and oxygen atoms in total. The van der Waals surface area contributed by atoms with Crippen molar-refractivity contribution in [2.45, 2.75) is 13.5 Å². The fourth-order valence-electron chi connectivity index (χ4n) is 2.27. The molecule has 1 amide bonds. The molecule has 0 saturated carbocycles. The average molecular weight is 322 g/mol. The molecule has 0 spiro atoms. The molecule has 0 aliphatic carbocycles. The van der Waals surface area contributed by atoms with Crippen LogP contribution >= 0.6 is 0 Å². The number of pyridine rings is 1. The summed E-state index contributed by atoms with van der Waals surface area (Å²) in [6, 6.07) is 14.7. The van der Waals surface area contributed by atoms with Gasteiger partial charge in [0.25, 0.3) is 5.91 Å². The number of aromatic nitrogens is 1. The third-order valence-electron chi connectivity index (χ3n) is 3.47. The van der Waals surface area contributed by atoms with Gasteiger partial charge in [-0.2, -0.15) is 0 Å². The normalized spacial score (nSPS) is 10.4. The fraction of sp³-hybridized carbons (Fsp3) is 0.111. The highest BCUT2D eigenvalue weighted by Crippen LogP contribution is 2.17. The van der Waals surface area contributed by atoms with Crippen LogP contribution in [0.4, 0.5) is 17.2 Å². The molecule has 0 saturated heterocycles. The molecule has 0 aliphatic heterocycles. The molecule has 0 fully saturated rings. The minimum atomic E-state index is -0.273. The number of nitrogens with two attached hydrogens (primary N) is 1. The average Bonchev–Trinajstić information content (AvgIpc) is 3.01. The predicted molar refractivity (Wildman–Crippen MR) is 93.8 cm³/mol. The van der Waals surface area contributed by atoms with Crippen molar-refractivity contribution < 1.29 is 9.21 Å². The highest BCUT2D eigenvalue weighted by atomic mass is 16.3. The fourth-order valence-corrected chi connectivity index (χ4v) is 2.27. The van der Waals surface area contributed by atoms with E-state index in [0.29, 0.717) is 29.6 Å². The lowest BCUT2D eigenvalue weighted by molar-refractivity contribution is 0.0995. The summed E-state index contributed by atoms with van der Waals surface area (Å²) in [5.74, 6) is 1.17. The van der Waals surface area contributed by atoms with Gasteiger partial charge in [0.15, 0.2) is 5.76 Å². The number of nitrogens with zero attached hydrogens (tertiary/aromatic N) is 1. The van der Waals surface area contributed by atoms with Gasteiger partial charge in [-0.1, -0.05) is 12.1 Å². The third-order valence-corrected chi connectivity index (χ3v) is 3.47. The van der Waals surface area contributed by atoms with E-state index in [1.165, 1.54) is 0 Å². The van der Waals surface area contributed by atoms with Gasteiger partial charge in [0.1, 0.15) is 11.6 Å². The summed E-state index contributed by atoms with van der Waals surface area (Å²) in [6.45, 7) is 2.37. The van der Waals surface area contributed by atoms with E-state index in [1.54, 1.807) is 25.3 Å². The molecule has 122 valence electrons. The van der Waals surface area contributed by atoms with Crippen molar-refractivity contribution >= 4 is 23.1 Å². The van der Waals surface area contributed by atoms with Gasteiger partial charge < -0.3 is 20.8 Å². The summed E-state index contributed by atoms with van der Waals surface area (Å²) in [5, 5.41) is 6.05. The van der Waals surface area contributed by atoms with Gasteiger partial charge in [-0.05, 0) is 48.9 Å². The van der Waals surface area contributed by atoms with Crippen molar-refractivity contribution in [3.8, 4) is 0 Å². The maximum Gasteiger partial charge on any atom is 0.291 e. The van der Waals surface area contributed by atoms with Crippen LogP contribution < -0.4 is 16.4 Å². The number of aryl methyl sites for hydroxylation is 1. The van der Waals surface area contributed by atoms with Crippen LogP contribution in [0.2, 0.25) is 0 Å². The van der Waals surface area contributed by atoms with Gasteiger partial charge in [-0.25, -0.2) is 4.98 Å². The van der Waals surface area contributed by atoms with Crippen LogP contribution in [0.5, 0.6) is 0 Å². The first-order valence-corrected chi connectivity index (χ1v) is 7.53. The topological polar surface area (TPSA) is 93.2 Å². The highest BCUT2D eigenvalue weighted by Gasteiger charge is 2.10. The summed E-state index contributed by atoms with van der Waals surface area (Å²) >= 11 is 0. The Labute approximate surface area is 139 Å². The molecule has 0 radical (unpaired) electrons. The van der Waals surface area contributed by atoms with E-state index < -0.39 is 0 Å². The van der Waals surface area contributed by atoms with Crippen LogP contribution in [0.15, 0.2) is 59.1 Å². The number of rotatable bonds is 5. The zero-order valence-electron chi connectivity index (χ0n) is 13.2. The summed E-state index contributed by atoms with van der Waals surface area (Å²) in [7, 11) is 0. The van der Waals surface area contributed by atoms with E-state index in [-0.39, 0.29) is 5.91 Å². The molecule has 2 heterocycles. The Kier molecular flexibility index (Phi) is 4.47. The zero-order valence-corrected chi connectivity index (χ0v) is 13.2. The number of carbonyl (C=O) groups is 1. The van der Waals surface area contributed by atoms with E-state index in [4.69, 9.17) is 10.2 Å². The summed E-state index contributed by atoms with van der Waals surface area (Å²) in [5.41, 5.74) is 8.29. The molecule has 4 N–H and O–H groups in total. The lowest BCUT2D eigenvalue weighted by atomic mass is 10.2. The van der Waals surface area contributed by atoms with Crippen molar-refractivity contribution in [3.05, 3.63) is 71.8 Å². The van der Waals surface area contributed by atoms with Crippen LogP contribution in [0.25, 0.3) is 0 Å². The number of amides is 1. The van der Waals surface area contributed by atoms with Gasteiger partial charge in [0.05, 0.1) is 5.69 Å². The quantitative estimate of drug-likeness (QED) is 0.669. The molecular formula is C18H18N4O2. The van der Waals surface area contributed by atoms with E-state index in [1.807, 2.05) is 36.4 Å². The number of benzene rings is 1. The summed E-state index contributed by atoms with van der Waals surface area (Å²) < 4.78 is 5.32. The Balaban J connectivity index is 1.66. The maximum atomic E-state index is 12.1. The first-order valence-electron chi connectivity index (χ1n) is 7.53. The minimum Gasteiger partial charge on any atom is -0.456 e. The van der Waals surface area contributed by atoms with Gasteiger partial charge in [0.2, 0.25) is 0 Å². The number of nitrogen functional groups attached to an aromatic ring is 1. The van der Waals surface area contributed by atoms with Crippen LogP contribution in [-0.4, -0.2) is 10.9 Å². The molecule has 0 bridgehead atoms. The summed E-state index contributed by atoms with van der Waals surface area (Å²) in [6.07, 6.45) is 1.65. The molecule has 0 aliphatic rings. The second-order valence-corrected chi connectivity index (χ2v) is 5.35. The number of carbonyl (C=O) groups excluding carboxylic acids is 1. The lowest BCUT2D eigenvalue weighted by Crippen LogP contribution is -2.11. The first-order chi connectivity index (χ1) is 11.6. The smallest absolute Gasteiger partial charge is 0.291 e. The number of furan rings is 1. The largest absolute Gasteiger partial charge is 0.456 e. The summed E-state index contributed by atoms with van der Waals surface area (Å²) in [4.78, 5) is 16.1. The second-order valence-electron chi connectivity index (χ2n) is 5.35. The Hall–Kier alpha value is -3.28. The second kappa shape index (κ2) is 6.87. The maximum absolute atomic E-state index is 12.1. The van der Waals surface area contributed by atoms with Gasteiger partial charge in [-0.15, -0.1) is 0 Å². The number of nitrogens with one attached hydrogen (secondary N) is 2. The van der Waals surface area contributed by atoms with Crippen LogP contribution in [0, 0.1) is 6.92 Å². The molecule has 0 atom stereocenters. The molecule has 3 rings (SSSR count). The SMILES string of the molecule is Cc1ccc(C(=O)Nc2cccc(CNc3cccnc3N)c2)o1. The molecule has 6 heteroatoms. The first kappa shape index (κ1) is 15.6. The van der Waals surface area contributed by atoms with Crippen LogP contribution in [-0.2, 0) is 6.54 Å². The van der Waals surface area contributed by atoms with Crippen molar-refractivity contribution in [1.29, 1.82) is 0 Å². The van der Waals surface area contributed by atoms with Crippen molar-refractivity contribution in [2.24, 2.45) is 0 Å². The minimum absolute atomic E-state index is 0.273. The number of hydrogen-bond acceptors (Lipinski definition) is 5. The Bertz CT molecular complexity index is 857. The molecule has 3 aromatic rings. The Morgan fingerprint density at radius 2 is 2.08 bits per heavy atom. The van der Waals surface area contributed by atoms with Crippen molar-refractivity contribution in [2.75, 3.05) is 16.4 Å². The van der Waals surface area contributed by atoms with E-state index in [2.05, 4.69) is 15.6 Å². The Morgan fingerprint density at radius 3 is 2.83 bits per heavy atom. The van der Waals surface area contributed by atoms with E-state index >= 15 is 0 Å². The van der Waals surface area contributed by atoms with Crippen LogP contribution in [0.1, 0.15) is 21.9 Å². The molecule has 1 aromatic carbocycles. The number of anilines is 3. The third kappa shape index (κ3) is 3.73. The van der Waals surface area contributed by atoms with Gasteiger partial charge in [0, 0.05) is 18.4 Å². The molecule has 24 heavy (non-hydrogen) atoms. The number of hydrogen-bond donors (Lipinski definition) is 3. The van der Waals surface area contributed by atoms with Crippen molar-refractivity contribution in [3.63, 3.8) is 0 Å². The molecule has 0 unspecified atom stereocenters. The molecule has 2 aromatic heterocycles. The van der Waals surface area contributed by atoms with E-state index in [0.717, 1.165) is 11.3 Å². The Morgan fingerprint density at radius 1 is 1.21 bits per heavy atom. The zero-order chi connectivity index (χ0) is 16.9. The predicted octanol–water partition coefficient (Wildman–Crippen LogP) is 3.43. The van der Waals surface area contributed by atoms with Gasteiger partial charge >= 0.3 is 0 Å². The van der Waals surface area contributed by atoms with Gasteiger partial charge in [-0.3, -0.25) is 4.79 Å². The van der Waals surface area contributed by atoms with Crippen molar-refractivity contribution in [1.82, 2.24) is 4.98 Å². The molecular weight excluding hydrogens is 304 g/mol. The van der Waals surface area contributed by atoms with E-state index in [9.17, 15) is 4.79 Å². The monoisotopic (exact) mass is 322 g/mol. The highest BCUT2D eigenvalue weighted by molar-refractivity contribution is 6.02. The lowest BCUT2D eigenvalue weighted by Gasteiger charge is -2.10. The standard InChI is InChI=1S/C18H18N4O2/c1-12-7-8-16(24-12)18(23)22-14-5-2-4-13(10-14)11-21-15-6-3-9-20-17(15)19/h2-10,21H,11H2,1H3,(H2,19,20)(H,22,23).